The molecular weight excluding hydrogens is 381 g/mol. The van der Waals surface area contributed by atoms with Gasteiger partial charge in [-0.1, -0.05) is 19.3 Å². The fraction of sp³-hybridized carbons (Fsp3) is 0.684. The molecule has 0 bridgehead atoms. The van der Waals surface area contributed by atoms with Crippen LogP contribution in [0.4, 0.5) is 10.2 Å². The Hall–Kier alpha value is -2.17. The zero-order valence-electron chi connectivity index (χ0n) is 16.4. The third-order valence-electron chi connectivity index (χ3n) is 5.81. The van der Waals surface area contributed by atoms with E-state index in [0.29, 0.717) is 23.3 Å². The maximum absolute atomic E-state index is 14.3. The molecule has 2 aromatic rings. The zero-order valence-corrected chi connectivity index (χ0v) is 16.4. The molecule has 4 heterocycles. The molecule has 0 amide bonds. The Bertz CT molecular complexity index is 929. The topological polar surface area (TPSA) is 100 Å². The smallest absolute Gasteiger partial charge is 0.312 e. The fourth-order valence-electron chi connectivity index (χ4n) is 4.56. The van der Waals surface area contributed by atoms with E-state index < -0.39 is 36.4 Å². The Morgan fingerprint density at radius 3 is 2.72 bits per heavy atom. The van der Waals surface area contributed by atoms with E-state index in [9.17, 15) is 9.18 Å². The number of nitrogens with one attached hydrogen (secondary N) is 1. The first-order chi connectivity index (χ1) is 13.9. The van der Waals surface area contributed by atoms with Crippen LogP contribution in [0.3, 0.4) is 0 Å². The third-order valence-corrected chi connectivity index (χ3v) is 5.81. The van der Waals surface area contributed by atoms with Crippen molar-refractivity contribution in [1.29, 1.82) is 0 Å². The van der Waals surface area contributed by atoms with Crippen molar-refractivity contribution in [3.63, 3.8) is 0 Å². The van der Waals surface area contributed by atoms with Gasteiger partial charge in [-0.15, -0.1) is 0 Å². The molecule has 1 saturated carbocycles. The first kappa shape index (κ1) is 18.8. The molecule has 3 aliphatic rings. The second-order valence-corrected chi connectivity index (χ2v) is 8.34. The van der Waals surface area contributed by atoms with Crippen LogP contribution >= 0.6 is 0 Å². The predicted molar refractivity (Wildman–Crippen MR) is 99.6 cm³/mol. The van der Waals surface area contributed by atoms with Crippen molar-refractivity contribution < 1.29 is 23.4 Å². The lowest BCUT2D eigenvalue weighted by Gasteiger charge is -2.24. The largest absolute Gasteiger partial charge is 0.365 e. The molecule has 0 spiro atoms. The van der Waals surface area contributed by atoms with E-state index in [0.717, 1.165) is 25.7 Å². The number of aromatic nitrogens is 4. The van der Waals surface area contributed by atoms with E-state index in [1.807, 2.05) is 0 Å². The second kappa shape index (κ2) is 6.96. The van der Waals surface area contributed by atoms with Crippen LogP contribution in [0.2, 0.25) is 0 Å². The molecule has 1 N–H and O–H groups in total. The van der Waals surface area contributed by atoms with Crippen molar-refractivity contribution in [2.45, 2.75) is 82.3 Å². The third kappa shape index (κ3) is 3.28. The van der Waals surface area contributed by atoms with Crippen LogP contribution < -0.4 is 5.32 Å². The lowest BCUT2D eigenvalue weighted by Crippen LogP contribution is -2.30. The highest BCUT2D eigenvalue weighted by Gasteiger charge is 2.56. The quantitative estimate of drug-likeness (QED) is 0.611. The van der Waals surface area contributed by atoms with Gasteiger partial charge in [0.15, 0.2) is 35.3 Å². The van der Waals surface area contributed by atoms with Gasteiger partial charge < -0.3 is 24.3 Å². The standard InChI is InChI=1S/C19H24FN5O4/c1-19(2)28-13-11(8-26)27-17(14(13)29-19)25-9-21-12-15(23-18(20)24-16(12)25)22-10-6-4-3-5-7-10/h8-11,13-14,17H,3-7H2,1-2H3,(H,22,23,24)/t11-,13-,14+,17+/m0/s1. The van der Waals surface area contributed by atoms with Gasteiger partial charge >= 0.3 is 6.08 Å². The Labute approximate surface area is 167 Å². The molecule has 3 fully saturated rings. The summed E-state index contributed by atoms with van der Waals surface area (Å²) in [5, 5.41) is 3.33. The van der Waals surface area contributed by atoms with Crippen LogP contribution in [0.15, 0.2) is 6.33 Å². The van der Waals surface area contributed by atoms with E-state index in [4.69, 9.17) is 14.2 Å². The summed E-state index contributed by atoms with van der Waals surface area (Å²) in [4.78, 5) is 23.8. The Balaban J connectivity index is 1.50. The molecule has 0 unspecified atom stereocenters. The zero-order chi connectivity index (χ0) is 20.2. The number of fused-ring (bicyclic) bond motifs is 2. The van der Waals surface area contributed by atoms with Crippen molar-refractivity contribution in [2.75, 3.05) is 5.32 Å². The van der Waals surface area contributed by atoms with Gasteiger partial charge in [0, 0.05) is 6.04 Å². The summed E-state index contributed by atoms with van der Waals surface area (Å²) in [5.74, 6) is -0.466. The average molecular weight is 405 g/mol. The highest BCUT2D eigenvalue weighted by atomic mass is 19.1. The number of carbonyl (C=O) groups excluding carboxylic acids is 1. The number of anilines is 1. The van der Waals surface area contributed by atoms with Gasteiger partial charge in [0.2, 0.25) is 0 Å². The van der Waals surface area contributed by atoms with Crippen molar-refractivity contribution in [3.05, 3.63) is 12.4 Å². The minimum Gasteiger partial charge on any atom is -0.365 e. The van der Waals surface area contributed by atoms with Gasteiger partial charge in [0.1, 0.15) is 18.3 Å². The van der Waals surface area contributed by atoms with Crippen LogP contribution in [0.1, 0.15) is 52.2 Å². The molecule has 5 rings (SSSR count). The number of ether oxygens (including phenoxy) is 3. The summed E-state index contributed by atoms with van der Waals surface area (Å²) >= 11 is 0. The number of hydrogen-bond acceptors (Lipinski definition) is 8. The van der Waals surface area contributed by atoms with Crippen molar-refractivity contribution in [2.24, 2.45) is 0 Å². The molecule has 4 atom stereocenters. The lowest BCUT2D eigenvalue weighted by atomic mass is 9.95. The highest BCUT2D eigenvalue weighted by Crippen LogP contribution is 2.43. The normalized spacial score (nSPS) is 31.8. The molecule has 2 aromatic heterocycles. The molecule has 2 saturated heterocycles. The molecular formula is C19H24FN5O4. The van der Waals surface area contributed by atoms with E-state index in [2.05, 4.69) is 20.3 Å². The predicted octanol–water partition coefficient (Wildman–Crippen LogP) is 2.33. The molecule has 0 aromatic carbocycles. The monoisotopic (exact) mass is 405 g/mol. The first-order valence-electron chi connectivity index (χ1n) is 10.1. The number of rotatable bonds is 4. The maximum Gasteiger partial charge on any atom is 0.312 e. The van der Waals surface area contributed by atoms with Crippen molar-refractivity contribution in [3.8, 4) is 0 Å². The van der Waals surface area contributed by atoms with Crippen molar-refractivity contribution >= 4 is 23.3 Å². The van der Waals surface area contributed by atoms with Crippen LogP contribution in [0.5, 0.6) is 0 Å². The maximum atomic E-state index is 14.3. The molecule has 10 heteroatoms. The minimum atomic E-state index is -0.844. The van der Waals surface area contributed by atoms with Gasteiger partial charge in [0.25, 0.3) is 0 Å². The molecule has 29 heavy (non-hydrogen) atoms. The summed E-state index contributed by atoms with van der Waals surface area (Å²) in [6, 6.07) is 0.241. The van der Waals surface area contributed by atoms with Crippen LogP contribution in [0, 0.1) is 6.08 Å². The summed E-state index contributed by atoms with van der Waals surface area (Å²) in [7, 11) is 0. The summed E-state index contributed by atoms with van der Waals surface area (Å²) in [6.07, 6.45) is 4.35. The average Bonchev–Trinajstić information content (AvgIpc) is 3.33. The number of halogens is 1. The summed E-state index contributed by atoms with van der Waals surface area (Å²) in [5.41, 5.74) is 0.754. The number of hydrogen-bond donors (Lipinski definition) is 1. The fourth-order valence-corrected chi connectivity index (χ4v) is 4.56. The molecule has 9 nitrogen and oxygen atoms in total. The molecule has 156 valence electrons. The van der Waals surface area contributed by atoms with Gasteiger partial charge in [0.05, 0.1) is 6.33 Å². The van der Waals surface area contributed by atoms with E-state index in [1.54, 1.807) is 18.4 Å². The second-order valence-electron chi connectivity index (χ2n) is 8.34. The van der Waals surface area contributed by atoms with E-state index in [1.165, 1.54) is 12.7 Å². The van der Waals surface area contributed by atoms with Crippen LogP contribution in [0.25, 0.3) is 11.2 Å². The number of carbonyl (C=O) groups is 1. The summed E-state index contributed by atoms with van der Waals surface area (Å²) < 4.78 is 33.5. The Morgan fingerprint density at radius 1 is 1.21 bits per heavy atom. The molecule has 2 aliphatic heterocycles. The van der Waals surface area contributed by atoms with Gasteiger partial charge in [-0.25, -0.2) is 4.98 Å². The minimum absolute atomic E-state index is 0.241. The molecule has 0 radical (unpaired) electrons. The first-order valence-corrected chi connectivity index (χ1v) is 10.1. The van der Waals surface area contributed by atoms with Crippen molar-refractivity contribution in [1.82, 2.24) is 19.5 Å². The van der Waals surface area contributed by atoms with Gasteiger partial charge in [-0.2, -0.15) is 14.4 Å². The SMILES string of the molecule is CC1(C)O[C@@H]2[C@@H](O1)[C@H](n1cnc3c(NC4CCCCC4)nc(F)nc31)O[C@H]2C=O. The van der Waals surface area contributed by atoms with Crippen LogP contribution in [-0.2, 0) is 19.0 Å². The Morgan fingerprint density at radius 2 is 1.97 bits per heavy atom. The number of imidazole rings is 1. The van der Waals surface area contributed by atoms with E-state index >= 15 is 0 Å². The Kier molecular flexibility index (Phi) is 4.52. The molecule has 1 aliphatic carbocycles. The summed E-state index contributed by atoms with van der Waals surface area (Å²) in [6.45, 7) is 3.56. The van der Waals surface area contributed by atoms with Gasteiger partial charge in [-0.05, 0) is 26.7 Å². The van der Waals surface area contributed by atoms with E-state index in [-0.39, 0.29) is 6.04 Å². The number of nitrogens with zero attached hydrogens (tertiary/aromatic N) is 4. The van der Waals surface area contributed by atoms with Gasteiger partial charge in [-0.3, -0.25) is 4.57 Å². The highest BCUT2D eigenvalue weighted by molar-refractivity contribution is 5.83. The lowest BCUT2D eigenvalue weighted by molar-refractivity contribution is -0.194. The number of aldehydes is 1. The van der Waals surface area contributed by atoms with Crippen LogP contribution in [-0.4, -0.2) is 55.9 Å².